The Bertz CT molecular complexity index is 1160. The minimum Gasteiger partial charge on any atom is -0.374 e. The number of rotatable bonds is 6. The molecule has 0 heterocycles. The number of methoxy groups -OCH3 is 1. The number of hydrogen-bond acceptors (Lipinski definition) is 1. The SMILES string of the molecule is CCc1ccc(-c2ccc(-c3ccc(/C=C/C4C=C(F)C(OC)CC4)cc3)c(F)c2F)cc1. The lowest BCUT2D eigenvalue weighted by atomic mass is 9.92. The fourth-order valence-electron chi connectivity index (χ4n) is 4.18. The Hall–Kier alpha value is -3.11. The van der Waals surface area contributed by atoms with Crippen molar-refractivity contribution in [3.05, 3.63) is 101 Å². The summed E-state index contributed by atoms with van der Waals surface area (Å²) in [5.74, 6) is -1.91. The van der Waals surface area contributed by atoms with Gasteiger partial charge in [-0.25, -0.2) is 13.2 Å². The lowest BCUT2D eigenvalue weighted by Crippen LogP contribution is -2.17. The molecule has 170 valence electrons. The van der Waals surface area contributed by atoms with Crippen molar-refractivity contribution in [1.29, 1.82) is 0 Å². The minimum atomic E-state index is -0.856. The highest BCUT2D eigenvalue weighted by atomic mass is 19.2. The quantitative estimate of drug-likeness (QED) is 0.370. The predicted molar refractivity (Wildman–Crippen MR) is 128 cm³/mol. The number of hydrogen-bond donors (Lipinski definition) is 0. The molecule has 33 heavy (non-hydrogen) atoms. The Morgan fingerprint density at radius 1 is 0.818 bits per heavy atom. The summed E-state index contributed by atoms with van der Waals surface area (Å²) in [4.78, 5) is 0. The van der Waals surface area contributed by atoms with Gasteiger partial charge in [0.2, 0.25) is 0 Å². The zero-order valence-electron chi connectivity index (χ0n) is 18.8. The van der Waals surface area contributed by atoms with Crippen LogP contribution in [-0.4, -0.2) is 13.2 Å². The highest BCUT2D eigenvalue weighted by Crippen LogP contribution is 2.32. The monoisotopic (exact) mass is 448 g/mol. The molecule has 0 spiro atoms. The summed E-state index contributed by atoms with van der Waals surface area (Å²) in [6.45, 7) is 2.05. The summed E-state index contributed by atoms with van der Waals surface area (Å²) in [6.07, 6.45) is 7.40. The smallest absolute Gasteiger partial charge is 0.167 e. The molecule has 1 aliphatic carbocycles. The van der Waals surface area contributed by atoms with E-state index in [0.717, 1.165) is 24.0 Å². The van der Waals surface area contributed by atoms with Gasteiger partial charge in [-0.3, -0.25) is 0 Å². The topological polar surface area (TPSA) is 9.23 Å². The third kappa shape index (κ3) is 5.12. The van der Waals surface area contributed by atoms with Crippen LogP contribution in [-0.2, 0) is 11.2 Å². The molecule has 0 bridgehead atoms. The van der Waals surface area contributed by atoms with Crippen molar-refractivity contribution >= 4 is 6.08 Å². The van der Waals surface area contributed by atoms with Crippen LogP contribution < -0.4 is 0 Å². The number of aryl methyl sites for hydroxylation is 1. The van der Waals surface area contributed by atoms with Crippen LogP contribution in [0.3, 0.4) is 0 Å². The van der Waals surface area contributed by atoms with Crippen LogP contribution in [0.1, 0.15) is 30.9 Å². The molecule has 0 saturated carbocycles. The first-order valence-corrected chi connectivity index (χ1v) is 11.3. The third-order valence-electron chi connectivity index (χ3n) is 6.24. The maximum Gasteiger partial charge on any atom is 0.167 e. The van der Waals surface area contributed by atoms with Crippen molar-refractivity contribution in [1.82, 2.24) is 0 Å². The minimum absolute atomic E-state index is 0.0153. The van der Waals surface area contributed by atoms with Crippen molar-refractivity contribution in [3.8, 4) is 22.3 Å². The lowest BCUT2D eigenvalue weighted by Gasteiger charge is -2.21. The fraction of sp³-hybridized carbons (Fsp3) is 0.241. The van der Waals surface area contributed by atoms with Crippen LogP contribution in [0.15, 0.2) is 78.6 Å². The van der Waals surface area contributed by atoms with Crippen molar-refractivity contribution in [2.45, 2.75) is 32.3 Å². The molecular formula is C29H27F3O. The van der Waals surface area contributed by atoms with Crippen LogP contribution in [0.4, 0.5) is 13.2 Å². The average Bonchev–Trinajstić information content (AvgIpc) is 2.85. The van der Waals surface area contributed by atoms with Gasteiger partial charge in [-0.1, -0.05) is 79.7 Å². The summed E-state index contributed by atoms with van der Waals surface area (Å²) in [5.41, 5.74) is 3.79. The van der Waals surface area contributed by atoms with E-state index in [9.17, 15) is 13.2 Å². The number of allylic oxidation sites excluding steroid dienone is 2. The molecule has 3 aromatic rings. The van der Waals surface area contributed by atoms with Gasteiger partial charge in [0.05, 0.1) is 0 Å². The highest BCUT2D eigenvalue weighted by molar-refractivity contribution is 5.72. The standard InChI is InChI=1S/C29H27F3O/c1-3-19-6-11-22(12-7-19)24-15-16-25(29(32)28(24)31)23-13-8-20(9-14-23)4-5-21-10-17-27(33-2)26(30)18-21/h4-9,11-16,18,21,27H,3,10,17H2,1-2H3/b5-4+. The van der Waals surface area contributed by atoms with Gasteiger partial charge in [0.15, 0.2) is 11.6 Å². The van der Waals surface area contributed by atoms with Gasteiger partial charge in [0.25, 0.3) is 0 Å². The molecule has 4 heteroatoms. The second-order valence-electron chi connectivity index (χ2n) is 8.34. The summed E-state index contributed by atoms with van der Waals surface area (Å²) in [5, 5.41) is 0. The summed E-state index contributed by atoms with van der Waals surface area (Å²) in [7, 11) is 1.52. The van der Waals surface area contributed by atoms with E-state index in [1.165, 1.54) is 7.11 Å². The maximum atomic E-state index is 14.9. The van der Waals surface area contributed by atoms with Gasteiger partial charge in [-0.05, 0) is 53.5 Å². The molecule has 0 N–H and O–H groups in total. The normalized spacial score (nSPS) is 18.5. The molecule has 0 radical (unpaired) electrons. The number of ether oxygens (including phenoxy) is 1. The van der Waals surface area contributed by atoms with Gasteiger partial charge in [0, 0.05) is 18.2 Å². The highest BCUT2D eigenvalue weighted by Gasteiger charge is 2.21. The second-order valence-corrected chi connectivity index (χ2v) is 8.34. The Morgan fingerprint density at radius 3 is 1.91 bits per heavy atom. The fourth-order valence-corrected chi connectivity index (χ4v) is 4.18. The first kappa shape index (κ1) is 23.1. The Morgan fingerprint density at radius 2 is 1.39 bits per heavy atom. The van der Waals surface area contributed by atoms with Crippen LogP contribution in [0, 0.1) is 17.6 Å². The van der Waals surface area contributed by atoms with E-state index in [1.54, 1.807) is 30.3 Å². The molecule has 4 rings (SSSR count). The van der Waals surface area contributed by atoms with E-state index in [2.05, 4.69) is 6.92 Å². The van der Waals surface area contributed by atoms with E-state index in [4.69, 9.17) is 4.74 Å². The Balaban J connectivity index is 1.52. The van der Waals surface area contributed by atoms with Gasteiger partial charge in [-0.2, -0.15) is 0 Å². The van der Waals surface area contributed by atoms with Crippen LogP contribution >= 0.6 is 0 Å². The molecule has 0 aliphatic heterocycles. The zero-order chi connectivity index (χ0) is 23.4. The van der Waals surface area contributed by atoms with E-state index in [1.807, 2.05) is 48.6 Å². The van der Waals surface area contributed by atoms with E-state index < -0.39 is 17.7 Å². The summed E-state index contributed by atoms with van der Waals surface area (Å²) < 4.78 is 48.8. The van der Waals surface area contributed by atoms with Gasteiger partial charge in [0.1, 0.15) is 11.9 Å². The van der Waals surface area contributed by atoms with Crippen molar-refractivity contribution in [2.75, 3.05) is 7.11 Å². The molecule has 3 aromatic carbocycles. The summed E-state index contributed by atoms with van der Waals surface area (Å²) in [6, 6.07) is 18.0. The van der Waals surface area contributed by atoms with Crippen molar-refractivity contribution in [2.24, 2.45) is 5.92 Å². The largest absolute Gasteiger partial charge is 0.374 e. The molecular weight excluding hydrogens is 421 g/mol. The number of halogens is 3. The van der Waals surface area contributed by atoms with E-state index in [-0.39, 0.29) is 22.9 Å². The van der Waals surface area contributed by atoms with Gasteiger partial charge >= 0.3 is 0 Å². The summed E-state index contributed by atoms with van der Waals surface area (Å²) >= 11 is 0. The van der Waals surface area contributed by atoms with Gasteiger partial charge in [-0.15, -0.1) is 0 Å². The van der Waals surface area contributed by atoms with Crippen LogP contribution in [0.2, 0.25) is 0 Å². The Kier molecular flexibility index (Phi) is 7.14. The van der Waals surface area contributed by atoms with Crippen molar-refractivity contribution in [3.63, 3.8) is 0 Å². The molecule has 0 saturated heterocycles. The molecule has 2 atom stereocenters. The Labute approximate surface area is 193 Å². The molecule has 1 nitrogen and oxygen atoms in total. The first-order valence-electron chi connectivity index (χ1n) is 11.3. The third-order valence-corrected chi connectivity index (χ3v) is 6.24. The second kappa shape index (κ2) is 10.2. The lowest BCUT2D eigenvalue weighted by molar-refractivity contribution is 0.0945. The zero-order valence-corrected chi connectivity index (χ0v) is 18.8. The van der Waals surface area contributed by atoms with E-state index in [0.29, 0.717) is 17.5 Å². The van der Waals surface area contributed by atoms with Crippen LogP contribution in [0.5, 0.6) is 0 Å². The first-order chi connectivity index (χ1) is 16.0. The molecule has 0 fully saturated rings. The molecule has 1 aliphatic rings. The number of benzene rings is 3. The predicted octanol–water partition coefficient (Wildman–Crippen LogP) is 8.15. The van der Waals surface area contributed by atoms with E-state index >= 15 is 0 Å². The molecule has 0 amide bonds. The van der Waals surface area contributed by atoms with Gasteiger partial charge < -0.3 is 4.74 Å². The van der Waals surface area contributed by atoms with Crippen molar-refractivity contribution < 1.29 is 17.9 Å². The molecule has 2 unspecified atom stereocenters. The average molecular weight is 449 g/mol. The maximum absolute atomic E-state index is 14.9. The molecule has 0 aromatic heterocycles. The van der Waals surface area contributed by atoms with Crippen LogP contribution in [0.25, 0.3) is 28.3 Å².